The van der Waals surface area contributed by atoms with Crippen LogP contribution in [-0.2, 0) is 9.59 Å². The van der Waals surface area contributed by atoms with Crippen molar-refractivity contribution in [3.8, 4) is 0 Å². The van der Waals surface area contributed by atoms with E-state index in [0.29, 0.717) is 32.2 Å². The maximum Gasteiger partial charge on any atom is 0.405 e. The van der Waals surface area contributed by atoms with E-state index in [1.54, 1.807) is 10.2 Å². The summed E-state index contributed by atoms with van der Waals surface area (Å²) < 4.78 is 36.1. The molecule has 1 heterocycles. The molecule has 0 saturated carbocycles. The van der Waals surface area contributed by atoms with Crippen molar-refractivity contribution in [2.45, 2.75) is 38.8 Å². The van der Waals surface area contributed by atoms with Crippen LogP contribution in [0.3, 0.4) is 0 Å². The molecule has 0 spiro atoms. The van der Waals surface area contributed by atoms with Gasteiger partial charge in [0.1, 0.15) is 6.54 Å². The van der Waals surface area contributed by atoms with Gasteiger partial charge in [0.05, 0.1) is 12.0 Å². The zero-order valence-electron chi connectivity index (χ0n) is 12.0. The number of rotatable bonds is 6. The second-order valence-electron chi connectivity index (χ2n) is 5.54. The molecule has 122 valence electrons. The summed E-state index contributed by atoms with van der Waals surface area (Å²) in [5.74, 6) is -1.63. The van der Waals surface area contributed by atoms with Crippen molar-refractivity contribution >= 4 is 11.9 Å². The number of nitrogens with one attached hydrogen (secondary N) is 1. The predicted octanol–water partition coefficient (Wildman–Crippen LogP) is 1.63. The van der Waals surface area contributed by atoms with Crippen molar-refractivity contribution in [2.75, 3.05) is 26.2 Å². The van der Waals surface area contributed by atoms with Gasteiger partial charge in [-0.1, -0.05) is 13.3 Å². The topological polar surface area (TPSA) is 69.6 Å². The van der Waals surface area contributed by atoms with Crippen molar-refractivity contribution in [1.82, 2.24) is 10.2 Å². The fourth-order valence-electron chi connectivity index (χ4n) is 2.78. The second-order valence-corrected chi connectivity index (χ2v) is 5.54. The average Bonchev–Trinajstić information content (AvgIpc) is 2.36. The summed E-state index contributed by atoms with van der Waals surface area (Å²) in [6.45, 7) is 1.06. The number of piperidine rings is 1. The lowest BCUT2D eigenvalue weighted by Crippen LogP contribution is -2.51. The van der Waals surface area contributed by atoms with Gasteiger partial charge in [-0.15, -0.1) is 0 Å². The van der Waals surface area contributed by atoms with E-state index in [4.69, 9.17) is 0 Å². The van der Waals surface area contributed by atoms with Gasteiger partial charge in [-0.2, -0.15) is 13.2 Å². The number of carbonyl (C=O) groups excluding carboxylic acids is 1. The third kappa shape index (κ3) is 5.53. The predicted molar refractivity (Wildman–Crippen MR) is 69.7 cm³/mol. The standard InChI is InChI=1S/C13H21F3N2O3/c1-2-4-12(11(20)21)5-3-6-18(9-12)7-10(19)17-8-13(14,15)16/h2-9H2,1H3,(H,17,19)(H,20,21). The number of carboxylic acids is 1. The van der Waals surface area contributed by atoms with Crippen molar-refractivity contribution in [3.63, 3.8) is 0 Å². The lowest BCUT2D eigenvalue weighted by Gasteiger charge is -2.39. The molecule has 1 fully saturated rings. The number of nitrogens with zero attached hydrogens (tertiary/aromatic N) is 1. The van der Waals surface area contributed by atoms with Gasteiger partial charge in [0, 0.05) is 6.54 Å². The zero-order chi connectivity index (χ0) is 16.1. The van der Waals surface area contributed by atoms with Crippen LogP contribution in [0, 0.1) is 5.41 Å². The molecule has 2 N–H and O–H groups in total. The van der Waals surface area contributed by atoms with Crippen LogP contribution in [0.1, 0.15) is 32.6 Å². The Hall–Kier alpha value is -1.31. The maximum absolute atomic E-state index is 12.0. The van der Waals surface area contributed by atoms with Crippen LogP contribution < -0.4 is 5.32 Å². The highest BCUT2D eigenvalue weighted by Crippen LogP contribution is 2.34. The van der Waals surface area contributed by atoms with Gasteiger partial charge in [-0.3, -0.25) is 14.5 Å². The lowest BCUT2D eigenvalue weighted by atomic mass is 9.76. The average molecular weight is 310 g/mol. The Morgan fingerprint density at radius 1 is 1.38 bits per heavy atom. The third-order valence-corrected chi connectivity index (χ3v) is 3.69. The molecule has 1 atom stereocenters. The van der Waals surface area contributed by atoms with Gasteiger partial charge in [0.2, 0.25) is 5.91 Å². The summed E-state index contributed by atoms with van der Waals surface area (Å²) >= 11 is 0. The minimum absolute atomic E-state index is 0.200. The minimum atomic E-state index is -4.44. The van der Waals surface area contributed by atoms with Gasteiger partial charge < -0.3 is 10.4 Å². The number of carboxylic acid groups (broad SMARTS) is 1. The molecule has 0 aromatic carbocycles. The first-order chi connectivity index (χ1) is 9.68. The van der Waals surface area contributed by atoms with Crippen LogP contribution in [0.15, 0.2) is 0 Å². The van der Waals surface area contributed by atoms with E-state index in [1.165, 1.54) is 0 Å². The molecule has 0 aromatic rings. The van der Waals surface area contributed by atoms with Crippen LogP contribution >= 0.6 is 0 Å². The number of alkyl halides is 3. The van der Waals surface area contributed by atoms with Crippen LogP contribution in [0.25, 0.3) is 0 Å². The molecule has 1 rings (SSSR count). The molecule has 21 heavy (non-hydrogen) atoms. The molecule has 1 unspecified atom stereocenters. The molecule has 1 aliphatic rings. The van der Waals surface area contributed by atoms with Crippen LogP contribution in [0.5, 0.6) is 0 Å². The molecule has 0 aliphatic carbocycles. The smallest absolute Gasteiger partial charge is 0.405 e. The number of halogens is 3. The van der Waals surface area contributed by atoms with E-state index in [0.717, 1.165) is 0 Å². The van der Waals surface area contributed by atoms with Crippen molar-refractivity contribution in [3.05, 3.63) is 0 Å². The molecule has 1 aliphatic heterocycles. The highest BCUT2D eigenvalue weighted by atomic mass is 19.4. The third-order valence-electron chi connectivity index (χ3n) is 3.69. The van der Waals surface area contributed by atoms with E-state index in [-0.39, 0.29) is 13.1 Å². The molecule has 1 saturated heterocycles. The molecule has 1 amide bonds. The van der Waals surface area contributed by atoms with Crippen LogP contribution in [0.2, 0.25) is 0 Å². The van der Waals surface area contributed by atoms with Crippen LogP contribution in [0.4, 0.5) is 13.2 Å². The van der Waals surface area contributed by atoms with Gasteiger partial charge in [-0.25, -0.2) is 0 Å². The van der Waals surface area contributed by atoms with Gasteiger partial charge in [0.25, 0.3) is 0 Å². The molecule has 0 aromatic heterocycles. The SMILES string of the molecule is CCCC1(C(=O)O)CCCN(CC(=O)NCC(F)(F)F)C1. The fraction of sp³-hybridized carbons (Fsp3) is 0.846. The van der Waals surface area contributed by atoms with Crippen LogP contribution in [-0.4, -0.2) is 54.2 Å². The minimum Gasteiger partial charge on any atom is -0.481 e. The number of amides is 1. The number of hydrogen-bond donors (Lipinski definition) is 2. The van der Waals surface area contributed by atoms with E-state index in [9.17, 15) is 27.9 Å². The van der Waals surface area contributed by atoms with E-state index >= 15 is 0 Å². The molecule has 5 nitrogen and oxygen atoms in total. The molecule has 8 heteroatoms. The van der Waals surface area contributed by atoms with Crippen molar-refractivity contribution < 1.29 is 27.9 Å². The first-order valence-corrected chi connectivity index (χ1v) is 6.98. The summed E-state index contributed by atoms with van der Waals surface area (Å²) in [5, 5.41) is 11.2. The Labute approximate surface area is 121 Å². The first-order valence-electron chi connectivity index (χ1n) is 6.98. The summed E-state index contributed by atoms with van der Waals surface area (Å²) in [6.07, 6.45) is -2.07. The Morgan fingerprint density at radius 2 is 2.05 bits per heavy atom. The van der Waals surface area contributed by atoms with Gasteiger partial charge >= 0.3 is 12.1 Å². The van der Waals surface area contributed by atoms with E-state index in [2.05, 4.69) is 0 Å². The van der Waals surface area contributed by atoms with Gasteiger partial charge in [-0.05, 0) is 25.8 Å². The Bertz CT molecular complexity index is 383. The Kier molecular flexibility index (Phi) is 6.00. The monoisotopic (exact) mass is 310 g/mol. The Balaban J connectivity index is 2.56. The molecular formula is C13H21F3N2O3. The lowest BCUT2D eigenvalue weighted by molar-refractivity contribution is -0.154. The number of likely N-dealkylation sites (tertiary alicyclic amines) is 1. The highest BCUT2D eigenvalue weighted by Gasteiger charge is 2.41. The zero-order valence-corrected chi connectivity index (χ0v) is 12.0. The summed E-state index contributed by atoms with van der Waals surface area (Å²) in [7, 11) is 0. The van der Waals surface area contributed by atoms with Crippen molar-refractivity contribution in [1.29, 1.82) is 0 Å². The number of carbonyl (C=O) groups is 2. The quantitative estimate of drug-likeness (QED) is 0.782. The first kappa shape index (κ1) is 17.7. The fourth-order valence-corrected chi connectivity index (χ4v) is 2.78. The van der Waals surface area contributed by atoms with Gasteiger partial charge in [0.15, 0.2) is 0 Å². The molecule has 0 radical (unpaired) electrons. The van der Waals surface area contributed by atoms with Crippen molar-refractivity contribution in [2.24, 2.45) is 5.41 Å². The van der Waals surface area contributed by atoms with E-state index < -0.39 is 30.0 Å². The summed E-state index contributed by atoms with van der Waals surface area (Å²) in [5.41, 5.74) is -0.892. The highest BCUT2D eigenvalue weighted by molar-refractivity contribution is 5.78. The number of hydrogen-bond acceptors (Lipinski definition) is 3. The van der Waals surface area contributed by atoms with E-state index in [1.807, 2.05) is 6.92 Å². The molecule has 0 bridgehead atoms. The summed E-state index contributed by atoms with van der Waals surface area (Å²) in [4.78, 5) is 24.6. The summed E-state index contributed by atoms with van der Waals surface area (Å²) in [6, 6.07) is 0. The Morgan fingerprint density at radius 3 is 2.57 bits per heavy atom. The maximum atomic E-state index is 12.0. The normalized spacial score (nSPS) is 23.8. The largest absolute Gasteiger partial charge is 0.481 e. The second kappa shape index (κ2) is 7.11. The number of aliphatic carboxylic acids is 1. The molecular weight excluding hydrogens is 289 g/mol.